The van der Waals surface area contributed by atoms with E-state index in [4.69, 9.17) is 22.0 Å². The fraction of sp³-hybridized carbons (Fsp3) is 0.512. The summed E-state index contributed by atoms with van der Waals surface area (Å²) in [5.74, 6) is 0.686. The number of alkyl halides is 1. The highest BCUT2D eigenvalue weighted by Crippen LogP contribution is 2.47. The van der Waals surface area contributed by atoms with Gasteiger partial charge in [0.2, 0.25) is 0 Å². The Morgan fingerprint density at radius 3 is 1.25 bits per heavy atom. The minimum Gasteiger partial charge on any atom is -0.388 e. The summed E-state index contributed by atoms with van der Waals surface area (Å²) in [5, 5.41) is 37.2. The number of carbonyl (C=O) groups excluding carboxylic acids is 7. The number of Topliss-reactive ketones (excluding diaryl/α,β-unsaturated/α-hetero) is 6. The topological polar surface area (TPSA) is 315 Å². The molecule has 0 aromatic heterocycles. The molecule has 4 aromatic rings. The maximum absolute atomic E-state index is 12.5. The number of hydrogen-bond acceptors (Lipinski definition) is 18. The molecule has 9 N–H and O–H groups in total. The lowest BCUT2D eigenvalue weighted by Crippen LogP contribution is -2.38. The first-order chi connectivity index (χ1) is 51.4. The predicted molar refractivity (Wildman–Crippen MR) is 456 cm³/mol. The maximum atomic E-state index is 12.5. The van der Waals surface area contributed by atoms with Crippen LogP contribution in [0.2, 0.25) is 0 Å². The van der Waals surface area contributed by atoms with Gasteiger partial charge in [0, 0.05) is 161 Å². The fourth-order valence-electron chi connectivity index (χ4n) is 15.4. The first-order valence-corrected chi connectivity index (χ1v) is 40.5. The van der Waals surface area contributed by atoms with Gasteiger partial charge in [-0.25, -0.2) is 4.39 Å². The van der Waals surface area contributed by atoms with Crippen LogP contribution in [0.5, 0.6) is 0 Å². The lowest BCUT2D eigenvalue weighted by atomic mass is 9.73. The van der Waals surface area contributed by atoms with Gasteiger partial charge in [-0.2, -0.15) is 15.8 Å². The average Bonchev–Trinajstić information content (AvgIpc) is 0.785. The summed E-state index contributed by atoms with van der Waals surface area (Å²) < 4.78 is 13.6. The lowest BCUT2D eigenvalue weighted by molar-refractivity contribution is -0.133. The summed E-state index contributed by atoms with van der Waals surface area (Å²) in [6.45, 7) is 25.8. The molecule has 9 aliphatic rings. The van der Waals surface area contributed by atoms with Gasteiger partial charge in [0.1, 0.15) is 35.6 Å². The van der Waals surface area contributed by atoms with Crippen molar-refractivity contribution in [3.05, 3.63) is 155 Å². The zero-order valence-electron chi connectivity index (χ0n) is 66.5. The van der Waals surface area contributed by atoms with E-state index in [0.717, 1.165) is 183 Å². The molecule has 1 amide bonds. The summed E-state index contributed by atoms with van der Waals surface area (Å²) in [7, 11) is 5.10. The first-order valence-electron chi connectivity index (χ1n) is 37.7. The predicted octanol–water partition coefficient (Wildman–Crippen LogP) is 18.2. The Kier molecular flexibility index (Phi) is 35.3. The molecule has 594 valence electrons. The number of rotatable bonds is 8. The molecule has 4 aromatic carbocycles. The lowest BCUT2D eigenvalue weighted by Gasteiger charge is -2.41. The monoisotopic (exact) mass is 1760 g/mol. The van der Waals surface area contributed by atoms with Crippen LogP contribution < -0.4 is 47.9 Å². The van der Waals surface area contributed by atoms with Crippen molar-refractivity contribution in [2.45, 2.75) is 198 Å². The van der Waals surface area contributed by atoms with E-state index in [1.807, 2.05) is 75.5 Å². The molecule has 0 atom stereocenters. The van der Waals surface area contributed by atoms with Crippen molar-refractivity contribution in [3.63, 3.8) is 0 Å². The van der Waals surface area contributed by atoms with Gasteiger partial charge in [-0.3, -0.25) is 33.6 Å². The Morgan fingerprint density at radius 2 is 0.873 bits per heavy atom. The number of hydrogen-bond donors (Lipinski definition) is 6. The molecule has 0 saturated heterocycles. The molecule has 13 rings (SSSR count). The molecule has 110 heavy (non-hydrogen) atoms. The first kappa shape index (κ1) is 93.0. The summed E-state index contributed by atoms with van der Waals surface area (Å²) >= 11 is 9.74. The smallest absolute Gasteiger partial charge is 0.250 e. The van der Waals surface area contributed by atoms with Crippen LogP contribution in [0, 0.1) is 66.9 Å². The number of nitriles is 3. The zero-order chi connectivity index (χ0) is 80.9. The normalized spacial score (nSPS) is 19.4. The molecule has 1 fully saturated rings. The van der Waals surface area contributed by atoms with Crippen molar-refractivity contribution in [2.24, 2.45) is 44.3 Å². The third-order valence-corrected chi connectivity index (χ3v) is 22.2. The second-order valence-corrected chi connectivity index (χ2v) is 35.3. The van der Waals surface area contributed by atoms with E-state index in [1.165, 1.54) is 42.3 Å². The fourth-order valence-corrected chi connectivity index (χ4v) is 16.7. The third-order valence-electron chi connectivity index (χ3n) is 20.3. The molecule has 4 heterocycles. The molecule has 0 bridgehead atoms. The van der Waals surface area contributed by atoms with E-state index >= 15 is 0 Å². The van der Waals surface area contributed by atoms with Gasteiger partial charge >= 0.3 is 0 Å². The molecule has 5 aliphatic carbocycles. The largest absolute Gasteiger partial charge is 0.388 e. The van der Waals surface area contributed by atoms with Crippen LogP contribution in [0.1, 0.15) is 225 Å². The van der Waals surface area contributed by atoms with E-state index in [0.29, 0.717) is 81.9 Å². The molecule has 24 heteroatoms. The van der Waals surface area contributed by atoms with Gasteiger partial charge < -0.3 is 47.9 Å². The van der Waals surface area contributed by atoms with Gasteiger partial charge in [0.25, 0.3) is 5.91 Å². The second kappa shape index (κ2) is 41.8. The van der Waals surface area contributed by atoms with E-state index in [9.17, 15) is 43.2 Å². The minimum atomic E-state index is -0.446. The van der Waals surface area contributed by atoms with Crippen LogP contribution in [0.25, 0.3) is 0 Å². The molecule has 19 nitrogen and oxygen atoms in total. The van der Waals surface area contributed by atoms with Crippen LogP contribution >= 0.6 is 64.8 Å². The van der Waals surface area contributed by atoms with Gasteiger partial charge in [0.15, 0.2) is 23.1 Å². The molecule has 0 radical (unpaired) electrons. The summed E-state index contributed by atoms with van der Waals surface area (Å²) in [5.41, 5.74) is 30.9. The SMILES string of the molecule is Br.CC1(C)CC(=O)C2=C(C1)N(c1ccc(C#N)c(Br)c1)CCC2.CC1(C)CC(=O)C2=C(C1)NCCC2.CC1(C)CC(=O)CC(=O)C1.CN.CNc1cc(N2CCCC3=C2CC(C)(C)CC3=O)ccc1C#N.CNc1cc(N2CCCC3=C2CC(C)(C)CC3=O)ccc1C(N)=O.N#Cc1ccc(F)cc1Br.NCCCBr. The molecular formula is C86H113Br4FN12O7. The van der Waals surface area contributed by atoms with Gasteiger partial charge in [0.05, 0.1) is 34.4 Å². The number of amides is 1. The van der Waals surface area contributed by atoms with Crippen LogP contribution in [-0.4, -0.2) is 99.8 Å². The highest BCUT2D eigenvalue weighted by molar-refractivity contribution is 9.11. The number of allylic oxidation sites excluding steroid dienone is 8. The van der Waals surface area contributed by atoms with Gasteiger partial charge in [-0.1, -0.05) is 85.2 Å². The number of nitrogens with zero attached hydrogens (tertiary/aromatic N) is 6. The Morgan fingerprint density at radius 1 is 0.509 bits per heavy atom. The second-order valence-electron chi connectivity index (χ2n) is 32.8. The maximum Gasteiger partial charge on any atom is 0.250 e. The van der Waals surface area contributed by atoms with Gasteiger partial charge in [-0.05, 0) is 229 Å². The van der Waals surface area contributed by atoms with Gasteiger partial charge in [-0.15, -0.1) is 17.0 Å². The van der Waals surface area contributed by atoms with Crippen LogP contribution in [0.15, 0.2) is 127 Å². The molecule has 0 unspecified atom stereocenters. The van der Waals surface area contributed by atoms with Crippen molar-refractivity contribution >= 4 is 134 Å². The number of halogens is 5. The van der Waals surface area contributed by atoms with E-state index in [-0.39, 0.29) is 73.6 Å². The number of carbonyl (C=O) groups is 7. The van der Waals surface area contributed by atoms with Crippen molar-refractivity contribution in [1.82, 2.24) is 5.32 Å². The Labute approximate surface area is 687 Å². The number of benzene rings is 4. The molecule has 0 spiro atoms. The molecular weight excluding hydrogens is 1650 g/mol. The van der Waals surface area contributed by atoms with Crippen molar-refractivity contribution in [1.29, 1.82) is 15.8 Å². The Bertz CT molecular complexity index is 4300. The number of primary amides is 1. The van der Waals surface area contributed by atoms with Crippen molar-refractivity contribution in [2.75, 3.05) is 84.5 Å². The van der Waals surface area contributed by atoms with Crippen molar-refractivity contribution < 1.29 is 38.0 Å². The van der Waals surface area contributed by atoms with E-state index < -0.39 is 5.91 Å². The number of anilines is 5. The zero-order valence-corrected chi connectivity index (χ0v) is 73.0. The highest BCUT2D eigenvalue weighted by atomic mass is 79.9. The van der Waals surface area contributed by atoms with Crippen molar-refractivity contribution in [3.8, 4) is 18.2 Å². The van der Waals surface area contributed by atoms with Crippen LogP contribution in [0.4, 0.5) is 32.8 Å². The standard InChI is InChI=1S/C19H25N3O2.C19H23N3O.C18H19BrN2O.C11H17NO.C8H12O2.C7H3BrFN.C3H8BrN.CH5N.BrH/c1-19(2)10-16-14(17(23)11-19)5-4-8-22(16)12-6-7-13(18(20)24)15(9-12)21-3;1-19(2)10-17-15(18(23)11-19)5-4-8-22(17)14-7-6-13(12-20)16(9-14)21-3;1-18(2)9-16-14(17(22)10-18)4-3-7-21(16)13-6-5-12(11-20)15(19)8-13;1-11(2)6-9-8(10(13)7-11)4-3-5-12-9;1-8(2)4-6(9)3-7(10)5-8;8-7-3-6(9)2-1-5(7)4-10;4-2-1-3-5;1-2;/h6-7,9,21H,4-5,8,10-11H2,1-3H3,(H2,20,24);6-7,9,21H,4-5,8,10-11H2,1-3H3;5-6,8H,3-4,7,9-10H2,1-2H3;12H,3-7H2,1-2H3;3-5H2,1-2H3;1-3H;1-3,5H2;2H2,1H3;1H. The highest BCUT2D eigenvalue weighted by Gasteiger charge is 2.41. The average molecular weight is 1770 g/mol. The number of nitrogens with two attached hydrogens (primary N) is 3. The van der Waals surface area contributed by atoms with Crippen LogP contribution in [-0.2, 0) is 28.8 Å². The van der Waals surface area contributed by atoms with E-state index in [2.05, 4.69) is 152 Å². The summed E-state index contributed by atoms with van der Waals surface area (Å²) in [4.78, 5) is 89.3. The molecule has 1 saturated carbocycles. The molecule has 4 aliphatic heterocycles. The van der Waals surface area contributed by atoms with E-state index in [1.54, 1.807) is 13.1 Å². The third kappa shape index (κ3) is 26.0. The quantitative estimate of drug-likeness (QED) is 0.0705. The number of ketones is 6. The minimum absolute atomic E-state index is 0. The van der Waals surface area contributed by atoms with Crippen LogP contribution in [0.3, 0.4) is 0 Å². The Hall–Kier alpha value is -7.63. The number of nitrogens with one attached hydrogen (secondary N) is 3. The Balaban J connectivity index is 0.000000238. The summed E-state index contributed by atoms with van der Waals surface area (Å²) in [6, 6.07) is 27.5. The summed E-state index contributed by atoms with van der Waals surface area (Å²) in [6.07, 6.45) is 16.6.